The Hall–Kier alpha value is -2.66. The third-order valence-corrected chi connectivity index (χ3v) is 4.07. The minimum absolute atomic E-state index is 0.186. The number of nitrogens with zero attached hydrogens (tertiary/aromatic N) is 2. The number of pyridine rings is 1. The maximum atomic E-state index is 12.3. The van der Waals surface area contributed by atoms with Gasteiger partial charge < -0.3 is 10.2 Å². The summed E-state index contributed by atoms with van der Waals surface area (Å²) in [6, 6.07) is 21.0. The highest BCUT2D eigenvalue weighted by Crippen LogP contribution is 2.21. The number of hydrogen-bond donors (Lipinski definition) is 1. The van der Waals surface area contributed by atoms with Gasteiger partial charge in [-0.2, -0.15) is 0 Å². The smallest absolute Gasteiger partial charge is 0.257 e. The summed E-state index contributed by atoms with van der Waals surface area (Å²) in [5.41, 5.74) is 2.29. The number of halogens is 1. The van der Waals surface area contributed by atoms with Crippen LogP contribution in [0.4, 0.5) is 17.2 Å². The van der Waals surface area contributed by atoms with Crippen LogP contribution in [-0.4, -0.2) is 17.9 Å². The predicted octanol–water partition coefficient (Wildman–Crippen LogP) is 4.86. The Morgan fingerprint density at radius 2 is 1.83 bits per heavy atom. The number of amides is 1. The lowest BCUT2D eigenvalue weighted by molar-refractivity contribution is 0.102. The summed E-state index contributed by atoms with van der Waals surface area (Å²) in [4.78, 5) is 18.7. The molecule has 0 saturated heterocycles. The number of carbonyl (C=O) groups is 1. The molecule has 1 aromatic heterocycles. The molecule has 0 atom stereocenters. The first-order valence-electron chi connectivity index (χ1n) is 7.45. The van der Waals surface area contributed by atoms with Crippen molar-refractivity contribution in [2.45, 2.75) is 0 Å². The van der Waals surface area contributed by atoms with Crippen LogP contribution in [0.5, 0.6) is 0 Å². The summed E-state index contributed by atoms with van der Waals surface area (Å²) in [7, 11) is 1.94. The molecule has 5 heteroatoms. The Kier molecular flexibility index (Phi) is 4.91. The first kappa shape index (κ1) is 16.2. The van der Waals surface area contributed by atoms with Crippen LogP contribution >= 0.6 is 15.9 Å². The van der Waals surface area contributed by atoms with Gasteiger partial charge in [-0.15, -0.1) is 0 Å². The molecule has 0 spiro atoms. The van der Waals surface area contributed by atoms with Gasteiger partial charge >= 0.3 is 0 Å². The minimum atomic E-state index is -0.186. The van der Waals surface area contributed by atoms with Crippen molar-refractivity contribution in [2.75, 3.05) is 17.3 Å². The number of anilines is 3. The van der Waals surface area contributed by atoms with E-state index in [0.717, 1.165) is 21.7 Å². The van der Waals surface area contributed by atoms with Crippen molar-refractivity contribution in [1.29, 1.82) is 0 Å². The summed E-state index contributed by atoms with van der Waals surface area (Å²) in [6.07, 6.45) is 1.59. The first-order valence-corrected chi connectivity index (χ1v) is 8.24. The molecule has 0 aliphatic heterocycles. The molecule has 1 heterocycles. The molecule has 0 aliphatic carbocycles. The van der Waals surface area contributed by atoms with Gasteiger partial charge in [0.05, 0.1) is 5.56 Å². The van der Waals surface area contributed by atoms with Crippen molar-refractivity contribution in [3.8, 4) is 0 Å². The Morgan fingerprint density at radius 3 is 2.50 bits per heavy atom. The molecule has 3 rings (SSSR count). The van der Waals surface area contributed by atoms with Crippen LogP contribution in [0.3, 0.4) is 0 Å². The van der Waals surface area contributed by atoms with Crippen LogP contribution in [0.15, 0.2) is 77.4 Å². The van der Waals surface area contributed by atoms with E-state index < -0.39 is 0 Å². The van der Waals surface area contributed by atoms with Gasteiger partial charge in [-0.05, 0) is 42.5 Å². The molecule has 0 radical (unpaired) electrons. The predicted molar refractivity (Wildman–Crippen MR) is 101 cm³/mol. The third kappa shape index (κ3) is 3.81. The molecule has 4 nitrogen and oxygen atoms in total. The molecule has 2 aromatic carbocycles. The third-order valence-electron chi connectivity index (χ3n) is 3.58. The Bertz CT molecular complexity index is 835. The average Bonchev–Trinajstić information content (AvgIpc) is 2.62. The van der Waals surface area contributed by atoms with E-state index in [2.05, 4.69) is 26.2 Å². The van der Waals surface area contributed by atoms with Crippen molar-refractivity contribution < 1.29 is 4.79 Å². The second kappa shape index (κ2) is 7.27. The summed E-state index contributed by atoms with van der Waals surface area (Å²) in [5.74, 6) is 0.592. The maximum absolute atomic E-state index is 12.3. The molecular formula is C19H16BrN3O. The molecule has 3 aromatic rings. The van der Waals surface area contributed by atoms with E-state index in [1.165, 1.54) is 0 Å². The molecule has 1 N–H and O–H groups in total. The number of benzene rings is 2. The molecule has 24 heavy (non-hydrogen) atoms. The van der Waals surface area contributed by atoms with E-state index in [1.807, 2.05) is 72.6 Å². The zero-order valence-corrected chi connectivity index (χ0v) is 14.7. The standard InChI is InChI=1S/C19H16BrN3O/c1-23(17-8-3-2-4-9-17)18-11-10-14(13-21-18)19(24)22-16-7-5-6-15(20)12-16/h2-13H,1H3,(H,22,24). The van der Waals surface area contributed by atoms with Crippen molar-refractivity contribution >= 4 is 39.0 Å². The van der Waals surface area contributed by atoms with Gasteiger partial charge in [0, 0.05) is 29.1 Å². The number of rotatable bonds is 4. The van der Waals surface area contributed by atoms with Gasteiger partial charge in [0.25, 0.3) is 5.91 Å². The van der Waals surface area contributed by atoms with Crippen molar-refractivity contribution in [3.05, 3.63) is 83.0 Å². The molecule has 0 aliphatic rings. The fraction of sp³-hybridized carbons (Fsp3) is 0.0526. The number of hydrogen-bond acceptors (Lipinski definition) is 3. The lowest BCUT2D eigenvalue weighted by Crippen LogP contribution is -2.14. The van der Waals surface area contributed by atoms with E-state index in [4.69, 9.17) is 0 Å². The van der Waals surface area contributed by atoms with Crippen LogP contribution in [-0.2, 0) is 0 Å². The van der Waals surface area contributed by atoms with Crippen molar-refractivity contribution in [1.82, 2.24) is 4.98 Å². The van der Waals surface area contributed by atoms with E-state index >= 15 is 0 Å². The molecule has 0 bridgehead atoms. The lowest BCUT2D eigenvalue weighted by Gasteiger charge is -2.18. The van der Waals surface area contributed by atoms with Gasteiger partial charge in [0.2, 0.25) is 0 Å². The number of para-hydroxylation sites is 1. The van der Waals surface area contributed by atoms with E-state index in [-0.39, 0.29) is 5.91 Å². The van der Waals surface area contributed by atoms with Gasteiger partial charge in [0.1, 0.15) is 5.82 Å². The fourth-order valence-corrected chi connectivity index (χ4v) is 2.67. The largest absolute Gasteiger partial charge is 0.329 e. The van der Waals surface area contributed by atoms with E-state index in [1.54, 1.807) is 12.3 Å². The zero-order chi connectivity index (χ0) is 16.9. The second-order valence-electron chi connectivity index (χ2n) is 5.26. The summed E-state index contributed by atoms with van der Waals surface area (Å²) >= 11 is 3.39. The van der Waals surface area contributed by atoms with Crippen LogP contribution < -0.4 is 10.2 Å². The topological polar surface area (TPSA) is 45.2 Å². The number of aromatic nitrogens is 1. The van der Waals surface area contributed by atoms with Gasteiger partial charge in [0.15, 0.2) is 0 Å². The zero-order valence-electron chi connectivity index (χ0n) is 13.1. The van der Waals surface area contributed by atoms with Crippen molar-refractivity contribution in [3.63, 3.8) is 0 Å². The van der Waals surface area contributed by atoms with E-state index in [0.29, 0.717) is 5.56 Å². The van der Waals surface area contributed by atoms with Crippen LogP contribution in [0, 0.1) is 0 Å². The molecule has 0 saturated carbocycles. The SMILES string of the molecule is CN(c1ccccc1)c1ccc(C(=O)Nc2cccc(Br)c2)cn1. The second-order valence-corrected chi connectivity index (χ2v) is 6.18. The molecule has 0 unspecified atom stereocenters. The average molecular weight is 382 g/mol. The van der Waals surface area contributed by atoms with Gasteiger partial charge in [-0.1, -0.05) is 40.2 Å². The molecule has 1 amide bonds. The van der Waals surface area contributed by atoms with Crippen molar-refractivity contribution in [2.24, 2.45) is 0 Å². The monoisotopic (exact) mass is 381 g/mol. The van der Waals surface area contributed by atoms with Gasteiger partial charge in [-0.25, -0.2) is 4.98 Å². The molecule has 0 fully saturated rings. The highest BCUT2D eigenvalue weighted by molar-refractivity contribution is 9.10. The highest BCUT2D eigenvalue weighted by atomic mass is 79.9. The number of carbonyl (C=O) groups excluding carboxylic acids is 1. The van der Waals surface area contributed by atoms with Crippen LogP contribution in [0.25, 0.3) is 0 Å². The minimum Gasteiger partial charge on any atom is -0.329 e. The first-order chi connectivity index (χ1) is 11.6. The van der Waals surface area contributed by atoms with Gasteiger partial charge in [-0.3, -0.25) is 4.79 Å². The van der Waals surface area contributed by atoms with Crippen LogP contribution in [0.2, 0.25) is 0 Å². The lowest BCUT2D eigenvalue weighted by atomic mass is 10.2. The van der Waals surface area contributed by atoms with E-state index in [9.17, 15) is 4.79 Å². The Balaban J connectivity index is 1.73. The summed E-state index contributed by atoms with van der Waals surface area (Å²) in [5, 5.41) is 2.86. The summed E-state index contributed by atoms with van der Waals surface area (Å²) < 4.78 is 0.915. The summed E-state index contributed by atoms with van der Waals surface area (Å²) in [6.45, 7) is 0. The Labute approximate surface area is 149 Å². The highest BCUT2D eigenvalue weighted by Gasteiger charge is 2.09. The Morgan fingerprint density at radius 1 is 1.04 bits per heavy atom. The fourth-order valence-electron chi connectivity index (χ4n) is 2.27. The molecule has 120 valence electrons. The normalized spacial score (nSPS) is 10.2. The van der Waals surface area contributed by atoms with Crippen LogP contribution in [0.1, 0.15) is 10.4 Å². The quantitative estimate of drug-likeness (QED) is 0.701. The number of nitrogens with one attached hydrogen (secondary N) is 1. The molecular weight excluding hydrogens is 366 g/mol. The maximum Gasteiger partial charge on any atom is 0.257 e.